The van der Waals surface area contributed by atoms with Crippen LogP contribution < -0.4 is 5.32 Å². The Morgan fingerprint density at radius 2 is 0.809 bits per heavy atom. The smallest absolute Gasteiger partial charge is 0.0110 e. The molecule has 0 radical (unpaired) electrons. The number of unbranched alkanes of at least 4 members (excludes halogenated alkanes) is 18. The van der Waals surface area contributed by atoms with Crippen molar-refractivity contribution in [1.82, 2.24) is 15.1 Å². The second kappa shape index (κ2) is 41.0. The molecule has 1 fully saturated rings. The van der Waals surface area contributed by atoms with Gasteiger partial charge in [0.2, 0.25) is 0 Å². The van der Waals surface area contributed by atoms with Crippen molar-refractivity contribution in [2.45, 2.75) is 182 Å². The van der Waals surface area contributed by atoms with Crippen LogP contribution >= 0.6 is 0 Å². The first-order valence-corrected chi connectivity index (χ1v) is 21.1. The number of allylic oxidation sites excluding steroid dienone is 8. The van der Waals surface area contributed by atoms with Gasteiger partial charge in [0.25, 0.3) is 0 Å². The maximum absolute atomic E-state index is 3.51. The van der Waals surface area contributed by atoms with Gasteiger partial charge in [0.1, 0.15) is 0 Å². The lowest BCUT2D eigenvalue weighted by atomic mass is 10.1. The third-order valence-corrected chi connectivity index (χ3v) is 9.29. The van der Waals surface area contributed by atoms with Gasteiger partial charge in [-0.3, -0.25) is 4.90 Å². The maximum atomic E-state index is 3.51. The Kier molecular flexibility index (Phi) is 40.0. The van der Waals surface area contributed by atoms with Crippen molar-refractivity contribution in [1.29, 1.82) is 0 Å². The number of piperazine rings is 1. The molecule has 0 spiro atoms. The molecule has 0 aliphatic carbocycles. The Bertz CT molecular complexity index is 640. The average molecular weight is 656 g/mol. The Hall–Kier alpha value is -1.16. The first kappa shape index (κ1) is 45.8. The molecule has 1 rings (SSSR count). The number of nitrogens with zero attached hydrogens (tertiary/aromatic N) is 2. The van der Waals surface area contributed by atoms with Crippen molar-refractivity contribution in [3.8, 4) is 0 Å². The Labute approximate surface area is 297 Å². The summed E-state index contributed by atoms with van der Waals surface area (Å²) in [6.07, 6.45) is 51.1. The van der Waals surface area contributed by atoms with E-state index >= 15 is 0 Å². The van der Waals surface area contributed by atoms with E-state index in [0.717, 1.165) is 25.9 Å². The molecule has 0 atom stereocenters. The average Bonchev–Trinajstić information content (AvgIpc) is 3.11. The number of nitrogens with one attached hydrogen (secondary N) is 1. The summed E-state index contributed by atoms with van der Waals surface area (Å²) in [5, 5.41) is 3.51. The van der Waals surface area contributed by atoms with Crippen molar-refractivity contribution in [2.75, 3.05) is 52.4 Å². The molecule has 0 aromatic rings. The van der Waals surface area contributed by atoms with Crippen LogP contribution in [0.4, 0.5) is 0 Å². The molecule has 3 nitrogen and oxygen atoms in total. The number of hydrogen-bond acceptors (Lipinski definition) is 3. The predicted octanol–water partition coefficient (Wildman–Crippen LogP) is 12.8. The number of hydrogen-bond donors (Lipinski definition) is 1. The largest absolute Gasteiger partial charge is 0.314 e. The molecule has 1 saturated heterocycles. The minimum absolute atomic E-state index is 1.12. The van der Waals surface area contributed by atoms with Crippen molar-refractivity contribution in [2.24, 2.45) is 0 Å². The van der Waals surface area contributed by atoms with Crippen LogP contribution in [0.15, 0.2) is 48.6 Å². The zero-order valence-corrected chi connectivity index (χ0v) is 32.6. The van der Waals surface area contributed by atoms with E-state index < -0.39 is 0 Å². The highest BCUT2D eigenvalue weighted by Gasteiger charge is 2.11. The predicted molar refractivity (Wildman–Crippen MR) is 216 cm³/mol. The summed E-state index contributed by atoms with van der Waals surface area (Å²) in [6.45, 7) is 18.5. The minimum atomic E-state index is 1.12. The monoisotopic (exact) mass is 656 g/mol. The van der Waals surface area contributed by atoms with Crippen LogP contribution in [-0.4, -0.2) is 62.2 Å². The molecule has 1 aliphatic heterocycles. The third kappa shape index (κ3) is 36.0. The van der Waals surface area contributed by atoms with Crippen LogP contribution in [0.25, 0.3) is 0 Å². The van der Waals surface area contributed by atoms with Gasteiger partial charge >= 0.3 is 0 Å². The fourth-order valence-corrected chi connectivity index (χ4v) is 6.20. The van der Waals surface area contributed by atoms with Gasteiger partial charge in [-0.15, -0.1) is 0 Å². The molecule has 1 N–H and O–H groups in total. The lowest BCUT2D eigenvalue weighted by Gasteiger charge is -2.30. The van der Waals surface area contributed by atoms with Crippen LogP contribution in [-0.2, 0) is 0 Å². The van der Waals surface area contributed by atoms with Crippen LogP contribution in [0.3, 0.4) is 0 Å². The first-order valence-electron chi connectivity index (χ1n) is 21.1. The SMILES string of the molecule is CC.CCCCC/C=C\C/C=C\CCCCCCCCN(CCCCCCCC/C=C\C/C=C\CCCCC)CCN1CCNCC1. The molecule has 276 valence electrons. The quantitative estimate of drug-likeness (QED) is 0.0560. The Balaban J connectivity index is 0.0000104. The second-order valence-electron chi connectivity index (χ2n) is 13.6. The lowest BCUT2D eigenvalue weighted by Crippen LogP contribution is -2.46. The molecule has 47 heavy (non-hydrogen) atoms. The van der Waals surface area contributed by atoms with Crippen LogP contribution in [0.1, 0.15) is 182 Å². The molecule has 0 saturated carbocycles. The van der Waals surface area contributed by atoms with Gasteiger partial charge in [0, 0.05) is 39.3 Å². The minimum Gasteiger partial charge on any atom is -0.314 e. The van der Waals surface area contributed by atoms with E-state index in [1.165, 1.54) is 181 Å². The van der Waals surface area contributed by atoms with E-state index in [4.69, 9.17) is 0 Å². The fourth-order valence-electron chi connectivity index (χ4n) is 6.20. The highest BCUT2D eigenvalue weighted by molar-refractivity contribution is 4.93. The molecular formula is C44H85N3. The van der Waals surface area contributed by atoms with E-state index in [2.05, 4.69) is 77.6 Å². The summed E-state index contributed by atoms with van der Waals surface area (Å²) in [4.78, 5) is 5.47. The molecular weight excluding hydrogens is 571 g/mol. The van der Waals surface area contributed by atoms with Gasteiger partial charge in [-0.2, -0.15) is 0 Å². The molecule has 0 bridgehead atoms. The fraction of sp³-hybridized carbons (Fsp3) is 0.818. The van der Waals surface area contributed by atoms with E-state index in [9.17, 15) is 0 Å². The van der Waals surface area contributed by atoms with Gasteiger partial charge in [-0.25, -0.2) is 0 Å². The maximum Gasteiger partial charge on any atom is 0.0110 e. The summed E-state index contributed by atoms with van der Waals surface area (Å²) in [6, 6.07) is 0. The van der Waals surface area contributed by atoms with E-state index in [-0.39, 0.29) is 0 Å². The van der Waals surface area contributed by atoms with Crippen molar-refractivity contribution in [3.63, 3.8) is 0 Å². The van der Waals surface area contributed by atoms with E-state index in [0.29, 0.717) is 0 Å². The van der Waals surface area contributed by atoms with Gasteiger partial charge in [0.05, 0.1) is 0 Å². The van der Waals surface area contributed by atoms with Crippen molar-refractivity contribution >= 4 is 0 Å². The van der Waals surface area contributed by atoms with E-state index in [1.807, 2.05) is 13.8 Å². The highest BCUT2D eigenvalue weighted by atomic mass is 15.2. The Morgan fingerprint density at radius 3 is 1.21 bits per heavy atom. The summed E-state index contributed by atoms with van der Waals surface area (Å²) >= 11 is 0. The van der Waals surface area contributed by atoms with Crippen molar-refractivity contribution < 1.29 is 0 Å². The molecule has 0 unspecified atom stereocenters. The van der Waals surface area contributed by atoms with Crippen LogP contribution in [0, 0.1) is 0 Å². The lowest BCUT2D eigenvalue weighted by molar-refractivity contribution is 0.184. The van der Waals surface area contributed by atoms with Gasteiger partial charge in [-0.05, 0) is 90.1 Å². The van der Waals surface area contributed by atoms with Crippen molar-refractivity contribution in [3.05, 3.63) is 48.6 Å². The summed E-state index contributed by atoms with van der Waals surface area (Å²) in [7, 11) is 0. The van der Waals surface area contributed by atoms with Gasteiger partial charge in [0.15, 0.2) is 0 Å². The zero-order valence-electron chi connectivity index (χ0n) is 32.6. The molecule has 0 amide bonds. The standard InChI is InChI=1S/C42H79N3.C2H6/c1-3-5-7-9-11-13-15-17-19-21-23-25-27-29-31-33-37-44(41-42-45-39-35-43-36-40-45)38-34-32-30-28-26-24-22-20-18-16-14-12-10-8-6-4-2;1-2/h11-14,17-20,43H,3-10,15-16,21-42H2,1-2H3;1-2H3/b13-11-,14-12-,19-17-,20-18-;. The third-order valence-electron chi connectivity index (χ3n) is 9.29. The first-order chi connectivity index (χ1) is 23.4. The second-order valence-corrected chi connectivity index (χ2v) is 13.6. The van der Waals surface area contributed by atoms with Crippen LogP contribution in [0.2, 0.25) is 0 Å². The normalized spacial score (nSPS) is 14.4. The van der Waals surface area contributed by atoms with E-state index in [1.54, 1.807) is 0 Å². The summed E-state index contributed by atoms with van der Waals surface area (Å²) in [5.74, 6) is 0. The highest BCUT2D eigenvalue weighted by Crippen LogP contribution is 2.12. The Morgan fingerprint density at radius 1 is 0.447 bits per heavy atom. The number of rotatable bonds is 33. The summed E-state index contributed by atoms with van der Waals surface area (Å²) < 4.78 is 0. The summed E-state index contributed by atoms with van der Waals surface area (Å²) in [5.41, 5.74) is 0. The van der Waals surface area contributed by atoms with Crippen LogP contribution in [0.5, 0.6) is 0 Å². The van der Waals surface area contributed by atoms with Gasteiger partial charge in [-0.1, -0.05) is 153 Å². The van der Waals surface area contributed by atoms with Gasteiger partial charge < -0.3 is 10.2 Å². The molecule has 3 heteroatoms. The zero-order chi connectivity index (χ0) is 34.1. The molecule has 0 aromatic heterocycles. The molecule has 1 heterocycles. The topological polar surface area (TPSA) is 18.5 Å². The molecule has 1 aliphatic rings. The molecule has 0 aromatic carbocycles.